The van der Waals surface area contributed by atoms with E-state index in [-0.39, 0.29) is 39.5 Å². The fraction of sp³-hybridized carbons (Fsp3) is 0.267. The number of aromatic amines is 3. The van der Waals surface area contributed by atoms with Gasteiger partial charge < -0.3 is 44.5 Å². The zero-order chi connectivity index (χ0) is 84.7. The number of para-hydroxylation sites is 3. The molecule has 9 aliphatic carbocycles. The fourth-order valence-electron chi connectivity index (χ4n) is 21.5. The van der Waals surface area contributed by atoms with Crippen molar-refractivity contribution in [3.05, 3.63) is 256 Å². The second kappa shape index (κ2) is 31.3. The summed E-state index contributed by atoms with van der Waals surface area (Å²) >= 11 is 1.68. The van der Waals surface area contributed by atoms with Gasteiger partial charge in [0.05, 0.1) is 65.0 Å². The Morgan fingerprint density at radius 2 is 0.672 bits per heavy atom. The maximum Gasteiger partial charge on any atom is 0.200 e. The molecule has 17 nitrogen and oxygen atoms in total. The van der Waals surface area contributed by atoms with Crippen molar-refractivity contribution in [1.82, 2.24) is 44.9 Å². The first kappa shape index (κ1) is 77.9. The Labute approximate surface area is 716 Å². The van der Waals surface area contributed by atoms with Gasteiger partial charge in [-0.2, -0.15) is 0 Å². The Kier molecular flexibility index (Phi) is 19.5. The molecule has 17 aromatic rings. The monoisotopic (exact) mass is 1690 g/mol. The highest BCUT2D eigenvalue weighted by atomic mass is 32.2. The first-order chi connectivity index (χ1) is 60.8. The van der Waals surface area contributed by atoms with E-state index < -0.39 is 34.9 Å². The van der Waals surface area contributed by atoms with Crippen LogP contribution in [0.25, 0.3) is 145 Å². The van der Waals surface area contributed by atoms with Gasteiger partial charge in [0.2, 0.25) is 10.9 Å². The van der Waals surface area contributed by atoms with Crippen LogP contribution in [0.2, 0.25) is 0 Å². The number of fused-ring (bicyclic) bond motifs is 18. The predicted molar refractivity (Wildman–Crippen MR) is 478 cm³/mol. The molecule has 626 valence electrons. The van der Waals surface area contributed by atoms with Gasteiger partial charge in [0.15, 0.2) is 17.5 Å². The maximum atomic E-state index is 14.6. The number of ether oxygens (including phenoxy) is 1. The van der Waals surface area contributed by atoms with Gasteiger partial charge in [0.25, 0.3) is 0 Å². The summed E-state index contributed by atoms with van der Waals surface area (Å²) in [5.74, 6) is 6.26. The number of nitrogens with one attached hydrogen (secondary N) is 6. The third-order valence-corrected chi connectivity index (χ3v) is 29.3. The maximum absolute atomic E-state index is 14.6. The lowest BCUT2D eigenvalue weighted by Crippen LogP contribution is -2.47. The van der Waals surface area contributed by atoms with E-state index in [4.69, 9.17) is 43.5 Å². The van der Waals surface area contributed by atoms with Gasteiger partial charge >= 0.3 is 0 Å². The number of nitrogens with zero attached hydrogens (tertiary/aromatic N) is 6. The van der Waals surface area contributed by atoms with Crippen LogP contribution in [0.4, 0.5) is 43.8 Å². The van der Waals surface area contributed by atoms with E-state index in [0.717, 1.165) is 67.9 Å². The van der Waals surface area contributed by atoms with E-state index in [1.807, 2.05) is 97.1 Å². The lowest BCUT2D eigenvalue weighted by Gasteiger charge is -2.47. The van der Waals surface area contributed by atoms with Crippen LogP contribution in [0.15, 0.2) is 229 Å². The molecule has 0 radical (unpaired) electrons. The quantitative estimate of drug-likeness (QED) is 0.0493. The molecule has 24 heteroatoms. The SMILES string of the molecule is CC1C2CCC(CC2)C1Nc1cc(-c2ccc3c(c2)Oc2ccccc2S3)nc(-c2c[nH]c3c(F)cc(F)cc23)n1.C[C@@H]1C2CCC(CC2)[C@H]1Nc1cc(-c2ccc3c(=O)c4ccccc4oc3c2)nc(-c2c[nH]c3c(F)cc(F)cc23)n1.C[C@H]1C2CCC(CC2)[C@@H]1Nc1cc(-c2ccc3c(=O)c4ccccc4oc3c2)nc(-c2c[nH]c3c(F)cc(F)cc23)n1. The van der Waals surface area contributed by atoms with Crippen molar-refractivity contribution < 1.29 is 39.9 Å². The van der Waals surface area contributed by atoms with Crippen molar-refractivity contribution in [2.24, 2.45) is 53.3 Å². The van der Waals surface area contributed by atoms with E-state index in [2.05, 4.69) is 63.8 Å². The standard InChI is InChI=1S/2C34H28F2N4O2.C33H28F2N4OS/c2*1-17-18-6-8-19(9-7-18)31(17)39-30-15-27(38-34(40-30)25-16-37-32-24(25)13-21(35)14-26(32)36)20-10-11-23-29(12-20)42-28-5-3-2-4-22(28)33(23)41;1-17-18-6-8-19(9-7-18)31(17)38-30-15-25(20-10-11-29-27(12-20)40-26-4-2-3-5-28(26)41-29)37-33(39-30)23-16-36-32-22(23)13-21(34)14-24(32)35/h2*2-5,10-19,31,37H,6-9H2,1H3,(H,38,39,40);2-5,10-19,31,36H,6-9H2,1H3,(H,37,38,39)/t2*17-,18?,19?,31+;/m10./s1. The van der Waals surface area contributed by atoms with Gasteiger partial charge in [-0.05, 0) is 221 Å². The molecule has 6 bridgehead atoms. The Balaban J connectivity index is 0.000000111. The van der Waals surface area contributed by atoms with Crippen molar-refractivity contribution >= 4 is 106 Å². The molecule has 8 aromatic heterocycles. The summed E-state index contributed by atoms with van der Waals surface area (Å²) in [5, 5.41) is 14.4. The number of H-pyrrole nitrogens is 3. The summed E-state index contributed by atoms with van der Waals surface area (Å²) in [4.78, 5) is 66.5. The van der Waals surface area contributed by atoms with Crippen LogP contribution in [0, 0.1) is 88.2 Å². The molecule has 6 atom stereocenters. The molecule has 10 aliphatic rings. The summed E-state index contributed by atoms with van der Waals surface area (Å²) in [6.45, 7) is 6.98. The topological polar surface area (TPSA) is 230 Å². The van der Waals surface area contributed by atoms with Gasteiger partial charge in [-0.3, -0.25) is 9.59 Å². The summed E-state index contributed by atoms with van der Waals surface area (Å²) in [6, 6.07) is 52.6. The molecule has 2 unspecified atom stereocenters. The molecule has 27 rings (SSSR count). The van der Waals surface area contributed by atoms with Gasteiger partial charge in [0, 0.05) is 123 Å². The van der Waals surface area contributed by atoms with E-state index >= 15 is 0 Å². The Bertz CT molecular complexity index is 7030. The lowest BCUT2D eigenvalue weighted by atomic mass is 9.62. The van der Waals surface area contributed by atoms with E-state index in [0.29, 0.717) is 176 Å². The number of halogens is 6. The van der Waals surface area contributed by atoms with Crippen molar-refractivity contribution in [2.45, 2.75) is 126 Å². The highest BCUT2D eigenvalue weighted by Crippen LogP contribution is 2.52. The molecule has 9 aromatic carbocycles. The number of hydrogen-bond donors (Lipinski definition) is 6. The summed E-state index contributed by atoms with van der Waals surface area (Å²) in [7, 11) is 0. The number of rotatable bonds is 12. The summed E-state index contributed by atoms with van der Waals surface area (Å²) < 4.78 is 105. The Hall–Kier alpha value is -13.1. The van der Waals surface area contributed by atoms with Crippen LogP contribution < -0.4 is 31.5 Å². The number of hydrogen-bond acceptors (Lipinski definition) is 15. The normalized spacial score (nSPS) is 22.2. The minimum absolute atomic E-state index is 0.0895. The smallest absolute Gasteiger partial charge is 0.200 e. The molecule has 9 heterocycles. The van der Waals surface area contributed by atoms with Crippen molar-refractivity contribution in [3.63, 3.8) is 0 Å². The molecule has 0 spiro atoms. The van der Waals surface area contributed by atoms with Crippen LogP contribution in [0.3, 0.4) is 0 Å². The van der Waals surface area contributed by atoms with Gasteiger partial charge in [-0.25, -0.2) is 56.2 Å². The molecular formula is C101H84F6N12O5S. The largest absolute Gasteiger partial charge is 0.456 e. The summed E-state index contributed by atoms with van der Waals surface area (Å²) in [5.41, 5.74) is 8.27. The molecule has 6 N–H and O–H groups in total. The molecule has 0 saturated heterocycles. The number of aromatic nitrogens is 9. The fourth-order valence-corrected chi connectivity index (χ4v) is 22.4. The minimum Gasteiger partial charge on any atom is -0.456 e. The zero-order valence-electron chi connectivity index (χ0n) is 68.4. The second-order valence-corrected chi connectivity index (χ2v) is 36.2. The van der Waals surface area contributed by atoms with E-state index in [1.165, 1.54) is 95.2 Å². The van der Waals surface area contributed by atoms with Gasteiger partial charge in [-0.1, -0.05) is 87.1 Å². The highest BCUT2D eigenvalue weighted by molar-refractivity contribution is 7.99. The lowest BCUT2D eigenvalue weighted by molar-refractivity contribution is 0.0928. The minimum atomic E-state index is -0.672. The average molecular weight is 1690 g/mol. The van der Waals surface area contributed by atoms with Gasteiger partial charge in [0.1, 0.15) is 86.2 Å². The predicted octanol–water partition coefficient (Wildman–Crippen LogP) is 25.2. The Morgan fingerprint density at radius 1 is 0.336 bits per heavy atom. The van der Waals surface area contributed by atoms with Crippen LogP contribution in [-0.2, 0) is 0 Å². The summed E-state index contributed by atoms with van der Waals surface area (Å²) in [6.07, 6.45) is 19.9. The van der Waals surface area contributed by atoms with Crippen LogP contribution >= 0.6 is 11.8 Å². The first-order valence-corrected chi connectivity index (χ1v) is 44.0. The average Bonchev–Trinajstić information content (AvgIpc) is 1.76. The Morgan fingerprint density at radius 3 is 1.06 bits per heavy atom. The third-order valence-electron chi connectivity index (χ3n) is 28.1. The molecule has 1 aliphatic heterocycles. The molecule has 125 heavy (non-hydrogen) atoms. The van der Waals surface area contributed by atoms with Crippen molar-refractivity contribution in [3.8, 4) is 79.4 Å². The van der Waals surface area contributed by atoms with Gasteiger partial charge in [-0.15, -0.1) is 0 Å². The van der Waals surface area contributed by atoms with Crippen LogP contribution in [-0.4, -0.2) is 63.0 Å². The number of benzene rings is 9. The number of anilines is 3. The van der Waals surface area contributed by atoms with E-state index in [1.54, 1.807) is 66.8 Å². The van der Waals surface area contributed by atoms with Crippen LogP contribution in [0.1, 0.15) is 97.8 Å². The van der Waals surface area contributed by atoms with Crippen molar-refractivity contribution in [2.75, 3.05) is 16.0 Å². The van der Waals surface area contributed by atoms with Crippen molar-refractivity contribution in [1.29, 1.82) is 0 Å². The molecule has 9 saturated carbocycles. The first-order valence-electron chi connectivity index (χ1n) is 43.2. The second-order valence-electron chi connectivity index (χ2n) is 35.1. The third kappa shape index (κ3) is 14.2. The highest BCUT2D eigenvalue weighted by Gasteiger charge is 2.44. The molecule has 0 amide bonds. The molecular weight excluding hydrogens is 1610 g/mol. The van der Waals surface area contributed by atoms with E-state index in [9.17, 15) is 35.9 Å². The molecule has 9 fully saturated rings. The zero-order valence-corrected chi connectivity index (χ0v) is 69.2. The van der Waals surface area contributed by atoms with Crippen LogP contribution in [0.5, 0.6) is 11.5 Å².